The average Bonchev–Trinajstić information content (AvgIpc) is 2.85. The molecule has 1 unspecified atom stereocenters. The zero-order valence-electron chi connectivity index (χ0n) is 22.1. The first-order chi connectivity index (χ1) is 19.0. The number of fused-ring (bicyclic) bond motifs is 1. The Hall–Kier alpha value is -3.68. The Balaban J connectivity index is 1.83. The van der Waals surface area contributed by atoms with Crippen LogP contribution in [0.3, 0.4) is 0 Å². The first-order valence-electron chi connectivity index (χ1n) is 12.3. The minimum absolute atomic E-state index is 0.0510. The smallest absolute Gasteiger partial charge is 0.416 e. The van der Waals surface area contributed by atoms with E-state index in [0.29, 0.717) is 6.08 Å². The summed E-state index contributed by atoms with van der Waals surface area (Å²) in [5, 5.41) is -1.56. The molecule has 7 nitrogen and oxygen atoms in total. The molecule has 0 radical (unpaired) electrons. The fraction of sp³-hybridized carbons (Fsp3) is 0.370. The number of ether oxygens (including phenoxy) is 2. The Morgan fingerprint density at radius 3 is 2.34 bits per heavy atom. The topological polar surface area (TPSA) is 76.2 Å². The van der Waals surface area contributed by atoms with E-state index in [9.17, 15) is 39.6 Å². The van der Waals surface area contributed by atoms with E-state index in [1.54, 1.807) is 20.8 Å². The lowest BCUT2D eigenvalue weighted by Gasteiger charge is -2.39. The molecule has 1 aliphatic carbocycles. The maximum absolute atomic E-state index is 14.3. The number of rotatable bonds is 5. The average molecular weight is 605 g/mol. The van der Waals surface area contributed by atoms with Gasteiger partial charge in [-0.2, -0.15) is 22.0 Å². The summed E-state index contributed by atoms with van der Waals surface area (Å²) in [6.07, 6.45) is -3.21. The second kappa shape index (κ2) is 11.0. The second-order valence-corrected chi connectivity index (χ2v) is 12.4. The van der Waals surface area contributed by atoms with Crippen LogP contribution in [0.2, 0.25) is 0 Å². The van der Waals surface area contributed by atoms with Crippen LogP contribution in [-0.4, -0.2) is 51.2 Å². The Bertz CT molecular complexity index is 1500. The fourth-order valence-corrected chi connectivity index (χ4v) is 6.20. The molecule has 0 bridgehead atoms. The SMILES string of the molecule is CC(C)(C)OC(=O)N1CCN(S(=O)(=O)C2C=C(C(F)(F)F)C=CC2)c2cc(-c3cc(F)cc(OC(F)F)c3)ccc21. The van der Waals surface area contributed by atoms with Crippen LogP contribution >= 0.6 is 0 Å². The van der Waals surface area contributed by atoms with Gasteiger partial charge in [-0.25, -0.2) is 17.6 Å². The van der Waals surface area contributed by atoms with Crippen molar-refractivity contribution in [1.29, 1.82) is 0 Å². The maximum Gasteiger partial charge on any atom is 0.416 e. The van der Waals surface area contributed by atoms with Crippen molar-refractivity contribution in [2.24, 2.45) is 0 Å². The molecule has 1 heterocycles. The number of hydrogen-bond donors (Lipinski definition) is 0. The Labute approximate surface area is 232 Å². The third-order valence-electron chi connectivity index (χ3n) is 6.15. The number of nitrogens with zero attached hydrogens (tertiary/aromatic N) is 2. The predicted molar refractivity (Wildman–Crippen MR) is 140 cm³/mol. The summed E-state index contributed by atoms with van der Waals surface area (Å²) in [5.74, 6) is -1.39. The van der Waals surface area contributed by atoms with Gasteiger partial charge in [-0.1, -0.05) is 24.3 Å². The molecule has 1 aliphatic heterocycles. The summed E-state index contributed by atoms with van der Waals surface area (Å²) in [6, 6.07) is 6.95. The molecule has 41 heavy (non-hydrogen) atoms. The lowest BCUT2D eigenvalue weighted by atomic mass is 10.0. The monoisotopic (exact) mass is 604 g/mol. The quantitative estimate of drug-likeness (QED) is 0.351. The molecule has 1 amide bonds. The summed E-state index contributed by atoms with van der Waals surface area (Å²) >= 11 is 0. The molecule has 14 heteroatoms. The van der Waals surface area contributed by atoms with E-state index in [4.69, 9.17) is 4.74 Å². The zero-order valence-corrected chi connectivity index (χ0v) is 22.9. The van der Waals surface area contributed by atoms with Gasteiger partial charge < -0.3 is 9.47 Å². The van der Waals surface area contributed by atoms with Gasteiger partial charge in [0.2, 0.25) is 10.0 Å². The molecule has 222 valence electrons. The van der Waals surface area contributed by atoms with Crippen LogP contribution < -0.4 is 13.9 Å². The number of anilines is 2. The molecule has 0 fully saturated rings. The van der Waals surface area contributed by atoms with Gasteiger partial charge in [0.25, 0.3) is 0 Å². The van der Waals surface area contributed by atoms with Gasteiger partial charge in [0.1, 0.15) is 22.4 Å². The summed E-state index contributed by atoms with van der Waals surface area (Å²) in [4.78, 5) is 14.2. The number of benzene rings is 2. The molecule has 2 aliphatic rings. The number of allylic oxidation sites excluding steroid dienone is 3. The summed E-state index contributed by atoms with van der Waals surface area (Å²) in [5.41, 5.74) is -1.79. The number of hydrogen-bond acceptors (Lipinski definition) is 5. The number of alkyl halides is 5. The molecule has 2 aromatic rings. The normalized spacial score (nSPS) is 17.8. The predicted octanol–water partition coefficient (Wildman–Crippen LogP) is 6.80. The van der Waals surface area contributed by atoms with Gasteiger partial charge in [0.15, 0.2) is 0 Å². The van der Waals surface area contributed by atoms with Gasteiger partial charge in [0.05, 0.1) is 23.5 Å². The first kappa shape index (κ1) is 30.3. The van der Waals surface area contributed by atoms with E-state index in [2.05, 4.69) is 4.74 Å². The highest BCUT2D eigenvalue weighted by atomic mass is 32.2. The third-order valence-corrected chi connectivity index (χ3v) is 8.24. The minimum Gasteiger partial charge on any atom is -0.443 e. The van der Waals surface area contributed by atoms with Gasteiger partial charge >= 0.3 is 18.9 Å². The van der Waals surface area contributed by atoms with Crippen molar-refractivity contribution in [1.82, 2.24) is 0 Å². The highest BCUT2D eigenvalue weighted by Gasteiger charge is 2.41. The number of carbonyl (C=O) groups excluding carboxylic acids is 1. The van der Waals surface area contributed by atoms with Gasteiger partial charge in [-0.3, -0.25) is 9.21 Å². The van der Waals surface area contributed by atoms with E-state index >= 15 is 0 Å². The van der Waals surface area contributed by atoms with Crippen molar-refractivity contribution < 1.29 is 49.0 Å². The molecular weight excluding hydrogens is 578 g/mol. The first-order valence-corrected chi connectivity index (χ1v) is 13.8. The van der Waals surface area contributed by atoms with Crippen molar-refractivity contribution in [3.63, 3.8) is 0 Å². The fourth-order valence-electron chi connectivity index (χ4n) is 4.45. The second-order valence-electron chi connectivity index (χ2n) is 10.3. The van der Waals surface area contributed by atoms with E-state index < -0.39 is 56.9 Å². The van der Waals surface area contributed by atoms with Crippen molar-refractivity contribution in [3.05, 3.63) is 66.0 Å². The van der Waals surface area contributed by atoms with Crippen LogP contribution in [0, 0.1) is 5.82 Å². The lowest BCUT2D eigenvalue weighted by molar-refractivity contribution is -0.0886. The number of sulfonamides is 1. The molecular formula is C27H26F6N2O5S. The van der Waals surface area contributed by atoms with Crippen LogP contribution in [-0.2, 0) is 14.8 Å². The number of carbonyl (C=O) groups is 1. The van der Waals surface area contributed by atoms with Crippen LogP contribution in [0.25, 0.3) is 11.1 Å². The minimum atomic E-state index is -4.76. The van der Waals surface area contributed by atoms with Crippen LogP contribution in [0.5, 0.6) is 5.75 Å². The molecule has 1 atom stereocenters. The Kier molecular flexibility index (Phi) is 8.09. The van der Waals surface area contributed by atoms with E-state index in [1.807, 2.05) is 0 Å². The van der Waals surface area contributed by atoms with Gasteiger partial charge in [-0.05, 0) is 62.6 Å². The Morgan fingerprint density at radius 2 is 1.71 bits per heavy atom. The summed E-state index contributed by atoms with van der Waals surface area (Å²) < 4.78 is 118. The van der Waals surface area contributed by atoms with Crippen molar-refractivity contribution >= 4 is 27.5 Å². The standard InChI is InChI=1S/C27H26F6N2O5S/c1-26(2,3)40-25(36)34-9-10-35(41(37,38)21-6-4-5-18(14-21)27(31,32)33)23-13-16(7-8-22(23)34)17-11-19(28)15-20(12-17)39-24(29)30/h4-5,7-8,11-15,21,24H,6,9-10H2,1-3H3. The molecule has 2 aromatic carbocycles. The van der Waals surface area contributed by atoms with Gasteiger partial charge in [0, 0.05) is 12.6 Å². The van der Waals surface area contributed by atoms with E-state index in [1.165, 1.54) is 23.1 Å². The third kappa shape index (κ3) is 6.80. The molecule has 0 saturated heterocycles. The highest BCUT2D eigenvalue weighted by molar-refractivity contribution is 7.93. The number of amides is 1. The van der Waals surface area contributed by atoms with Crippen LogP contribution in [0.4, 0.5) is 42.5 Å². The van der Waals surface area contributed by atoms with Gasteiger partial charge in [-0.15, -0.1) is 0 Å². The van der Waals surface area contributed by atoms with Crippen LogP contribution in [0.1, 0.15) is 27.2 Å². The molecule has 0 aromatic heterocycles. The lowest BCUT2D eigenvalue weighted by Crippen LogP contribution is -2.50. The highest BCUT2D eigenvalue weighted by Crippen LogP contribution is 2.41. The van der Waals surface area contributed by atoms with Crippen molar-refractivity contribution in [2.45, 2.75) is 50.8 Å². The Morgan fingerprint density at radius 1 is 1.00 bits per heavy atom. The zero-order chi connectivity index (χ0) is 30.3. The molecule has 0 N–H and O–H groups in total. The van der Waals surface area contributed by atoms with Crippen LogP contribution in [0.15, 0.2) is 60.2 Å². The summed E-state index contributed by atoms with van der Waals surface area (Å²) in [6.45, 7) is 1.19. The van der Waals surface area contributed by atoms with Crippen molar-refractivity contribution in [3.8, 4) is 16.9 Å². The van der Waals surface area contributed by atoms with E-state index in [-0.39, 0.29) is 42.0 Å². The summed E-state index contributed by atoms with van der Waals surface area (Å²) in [7, 11) is -4.48. The molecule has 0 saturated carbocycles. The largest absolute Gasteiger partial charge is 0.443 e. The molecule has 0 spiro atoms. The van der Waals surface area contributed by atoms with E-state index in [0.717, 1.165) is 34.7 Å². The van der Waals surface area contributed by atoms with Crippen molar-refractivity contribution in [2.75, 3.05) is 22.3 Å². The maximum atomic E-state index is 14.3. The molecule has 4 rings (SSSR count). The number of halogens is 6.